The van der Waals surface area contributed by atoms with Crippen LogP contribution in [-0.2, 0) is 0 Å². The van der Waals surface area contributed by atoms with E-state index in [9.17, 15) is 0 Å². The average molecular weight is 561 g/mol. The number of halogens is 1. The van der Waals surface area contributed by atoms with Gasteiger partial charge >= 0.3 is 0 Å². The number of fused-ring (bicyclic) bond motifs is 3. The van der Waals surface area contributed by atoms with Gasteiger partial charge in [0.25, 0.3) is 0 Å². The van der Waals surface area contributed by atoms with E-state index in [1.165, 1.54) is 6.07 Å². The highest BCUT2D eigenvalue weighted by Gasteiger charge is 2.15. The van der Waals surface area contributed by atoms with Crippen molar-refractivity contribution < 1.29 is 13.7 Å². The largest absolute Gasteiger partial charge is 0.309 e. The molecule has 0 spiro atoms. The molecule has 0 unspecified atom stereocenters. The second kappa shape index (κ2) is 9.48. The predicted molar refractivity (Wildman–Crippen MR) is 165 cm³/mol. The molecule has 7 rings (SSSR count). The van der Waals surface area contributed by atoms with Gasteiger partial charge in [0.2, 0.25) is 0 Å². The Morgan fingerprint density at radius 2 is 1.11 bits per heavy atom. The summed E-state index contributed by atoms with van der Waals surface area (Å²) < 4.78 is 87.4. The first kappa shape index (κ1) is 14.5. The molecule has 6 aromatic carbocycles. The zero-order chi connectivity index (χ0) is 34.2. The van der Waals surface area contributed by atoms with Crippen molar-refractivity contribution in [3.8, 4) is 39.1 Å². The Bertz CT molecular complexity index is 2340. The lowest BCUT2D eigenvalue weighted by Gasteiger charge is -2.14. The van der Waals surface area contributed by atoms with Crippen LogP contribution < -0.4 is 0 Å². The summed E-state index contributed by atoms with van der Waals surface area (Å²) in [5.41, 5.74) is 4.43. The van der Waals surface area contributed by atoms with Crippen LogP contribution in [0.15, 0.2) is 150 Å². The summed E-state index contributed by atoms with van der Waals surface area (Å²) in [6.07, 6.45) is 0. The summed E-state index contributed by atoms with van der Waals surface area (Å²) in [6, 6.07) is 22.1. The highest BCUT2D eigenvalue weighted by molar-refractivity contribution is 9.10. The van der Waals surface area contributed by atoms with Crippen molar-refractivity contribution in [1.29, 1.82) is 0 Å². The zero-order valence-corrected chi connectivity index (χ0v) is 21.5. The van der Waals surface area contributed by atoms with Crippen LogP contribution in [0.4, 0.5) is 0 Å². The summed E-state index contributed by atoms with van der Waals surface area (Å²) in [6.45, 7) is 0. The normalized spacial score (nSPS) is 15.0. The molecule has 7 aromatic rings. The number of nitrogens with zero attached hydrogens (tertiary/aromatic N) is 1. The third-order valence-electron chi connectivity index (χ3n) is 6.59. The molecule has 38 heavy (non-hydrogen) atoms. The molecule has 0 N–H and O–H groups in total. The van der Waals surface area contributed by atoms with Gasteiger partial charge in [0, 0.05) is 20.9 Å². The molecule has 180 valence electrons. The van der Waals surface area contributed by atoms with Crippen LogP contribution in [0.2, 0.25) is 0 Å². The quantitative estimate of drug-likeness (QED) is 0.202. The van der Waals surface area contributed by atoms with Crippen molar-refractivity contribution in [3.63, 3.8) is 0 Å². The number of benzene rings is 6. The highest BCUT2D eigenvalue weighted by atomic mass is 79.9. The highest BCUT2D eigenvalue weighted by Crippen LogP contribution is 2.37. The molecule has 1 nitrogen and oxygen atoms in total. The van der Waals surface area contributed by atoms with Gasteiger partial charge in [-0.2, -0.15) is 0 Å². The van der Waals surface area contributed by atoms with Crippen LogP contribution in [0.3, 0.4) is 0 Å². The van der Waals surface area contributed by atoms with Crippen LogP contribution in [0, 0.1) is 0 Å². The van der Waals surface area contributed by atoms with Gasteiger partial charge in [-0.1, -0.05) is 119 Å². The van der Waals surface area contributed by atoms with Gasteiger partial charge in [-0.15, -0.1) is 0 Å². The topological polar surface area (TPSA) is 4.93 Å². The smallest absolute Gasteiger partial charge is 0.0629 e. The minimum Gasteiger partial charge on any atom is -0.309 e. The zero-order valence-electron chi connectivity index (χ0n) is 29.9. The molecular weight excluding hydrogens is 526 g/mol. The fraction of sp³-hybridized carbons (Fsp3) is 0. The maximum Gasteiger partial charge on any atom is 0.0629 e. The molecule has 0 fully saturated rings. The van der Waals surface area contributed by atoms with Crippen molar-refractivity contribution in [3.05, 3.63) is 150 Å². The van der Waals surface area contributed by atoms with Gasteiger partial charge in [0.15, 0.2) is 0 Å². The lowest BCUT2D eigenvalue weighted by Crippen LogP contribution is -1.96. The van der Waals surface area contributed by atoms with E-state index < -0.39 is 60.4 Å². The summed E-state index contributed by atoms with van der Waals surface area (Å²) >= 11 is 3.56. The molecule has 0 aliphatic carbocycles. The Balaban J connectivity index is 1.62. The summed E-state index contributed by atoms with van der Waals surface area (Å²) in [7, 11) is 0. The second-order valence-electron chi connectivity index (χ2n) is 8.86. The number of para-hydroxylation sites is 1. The van der Waals surface area contributed by atoms with Crippen LogP contribution >= 0.6 is 15.9 Å². The van der Waals surface area contributed by atoms with Crippen molar-refractivity contribution in [2.24, 2.45) is 0 Å². The number of hydrogen-bond acceptors (Lipinski definition) is 0. The summed E-state index contributed by atoms with van der Waals surface area (Å²) in [5.74, 6) is 0. The van der Waals surface area contributed by atoms with E-state index >= 15 is 0 Å². The first-order valence-electron chi connectivity index (χ1n) is 17.0. The van der Waals surface area contributed by atoms with Crippen molar-refractivity contribution in [2.75, 3.05) is 0 Å². The average Bonchev–Trinajstić information content (AvgIpc) is 3.42. The maximum absolute atomic E-state index is 8.73. The van der Waals surface area contributed by atoms with E-state index in [1.807, 2.05) is 65.2 Å². The van der Waals surface area contributed by atoms with E-state index in [1.54, 1.807) is 12.1 Å². The Morgan fingerprint density at radius 1 is 0.474 bits per heavy atom. The van der Waals surface area contributed by atoms with E-state index in [-0.39, 0.29) is 22.3 Å². The van der Waals surface area contributed by atoms with Crippen molar-refractivity contribution >= 4 is 37.7 Å². The van der Waals surface area contributed by atoms with Gasteiger partial charge in [0.1, 0.15) is 0 Å². The SMILES string of the molecule is [2H]c1c([2H])c([2H])c(-c2cc(-c3c([2H])c([2H])c([2H])c([2H])c3[2H])cc(-n3c4ccccc4c4ccc(-c5cccc(Br)c5)cc43)c2)c([2H])c1[2H]. The van der Waals surface area contributed by atoms with Crippen molar-refractivity contribution in [2.45, 2.75) is 0 Å². The van der Waals surface area contributed by atoms with E-state index in [2.05, 4.69) is 22.0 Å². The first-order valence-corrected chi connectivity index (χ1v) is 12.8. The Labute approximate surface area is 244 Å². The Hall–Kier alpha value is -4.40. The van der Waals surface area contributed by atoms with Crippen molar-refractivity contribution in [1.82, 2.24) is 4.57 Å². The van der Waals surface area contributed by atoms with Gasteiger partial charge in [-0.3, -0.25) is 0 Å². The van der Waals surface area contributed by atoms with E-state index in [4.69, 9.17) is 13.7 Å². The number of aromatic nitrogens is 1. The number of rotatable bonds is 4. The molecule has 0 saturated heterocycles. The predicted octanol–water partition coefficient (Wildman–Crippen LogP) is 10.5. The molecule has 1 aromatic heterocycles. The molecule has 0 amide bonds. The fourth-order valence-electron chi connectivity index (χ4n) is 4.91. The second-order valence-corrected chi connectivity index (χ2v) is 9.78. The number of hydrogen-bond donors (Lipinski definition) is 0. The van der Waals surface area contributed by atoms with E-state index in [0.29, 0.717) is 5.69 Å². The molecule has 0 bridgehead atoms. The molecule has 0 saturated carbocycles. The maximum atomic E-state index is 8.73. The minimum absolute atomic E-state index is 0.0629. The molecule has 0 aliphatic rings. The van der Waals surface area contributed by atoms with Gasteiger partial charge in [-0.05, 0) is 75.8 Å². The lowest BCUT2D eigenvalue weighted by molar-refractivity contribution is 1.18. The molecule has 0 aliphatic heterocycles. The Morgan fingerprint density at radius 3 is 1.79 bits per heavy atom. The fourth-order valence-corrected chi connectivity index (χ4v) is 5.31. The molecular formula is C36H24BrN. The molecule has 0 atom stereocenters. The van der Waals surface area contributed by atoms with E-state index in [0.717, 1.165) is 37.4 Å². The molecule has 1 heterocycles. The van der Waals surface area contributed by atoms with Crippen LogP contribution in [-0.4, -0.2) is 4.57 Å². The van der Waals surface area contributed by atoms with Gasteiger partial charge in [0.05, 0.1) is 24.7 Å². The summed E-state index contributed by atoms with van der Waals surface area (Å²) in [5, 5.41) is 1.90. The van der Waals surface area contributed by atoms with Gasteiger partial charge in [-0.25, -0.2) is 0 Å². The minimum atomic E-state index is -0.529. The monoisotopic (exact) mass is 559 g/mol. The van der Waals surface area contributed by atoms with Crippen LogP contribution in [0.25, 0.3) is 60.9 Å². The third-order valence-corrected chi connectivity index (χ3v) is 7.08. The first-order chi connectivity index (χ1) is 22.9. The summed E-state index contributed by atoms with van der Waals surface area (Å²) in [4.78, 5) is 0. The molecule has 2 heteroatoms. The molecule has 0 radical (unpaired) electrons. The lowest BCUT2D eigenvalue weighted by atomic mass is 9.98. The van der Waals surface area contributed by atoms with Gasteiger partial charge < -0.3 is 4.57 Å². The third kappa shape index (κ3) is 4.04. The van der Waals surface area contributed by atoms with Crippen LogP contribution in [0.1, 0.15) is 13.7 Å². The Kier molecular flexibility index (Phi) is 3.62. The standard InChI is InChI=1S/C36H24BrN/c37-31-15-9-14-27(21-31)28-18-19-34-33-16-7-8-17-35(33)38(36(34)24-28)32-22-29(25-10-3-1-4-11-25)20-30(23-32)26-12-5-2-6-13-26/h1-24H/i1D,2D,3D,4D,5D,6D,10D,11D,12D,13D. The van der Waals surface area contributed by atoms with Crippen LogP contribution in [0.5, 0.6) is 0 Å².